The van der Waals surface area contributed by atoms with Crippen molar-refractivity contribution in [2.75, 3.05) is 59.4 Å². The fourth-order valence-corrected chi connectivity index (χ4v) is 9.56. The van der Waals surface area contributed by atoms with Gasteiger partial charge in [-0.1, -0.05) is 42.3 Å². The first-order valence-corrected chi connectivity index (χ1v) is 22.6. The number of nitrogens with zero attached hydrogens (tertiary/aromatic N) is 2. The van der Waals surface area contributed by atoms with Crippen molar-refractivity contribution in [2.24, 2.45) is 22.9 Å². The Morgan fingerprint density at radius 3 is 2.45 bits per heavy atom. The molecule has 0 radical (unpaired) electrons. The largest absolute Gasteiger partial charge is 0.459 e. The van der Waals surface area contributed by atoms with Crippen molar-refractivity contribution < 1.29 is 53.4 Å². The van der Waals surface area contributed by atoms with Gasteiger partial charge in [0.15, 0.2) is 0 Å². The van der Waals surface area contributed by atoms with Gasteiger partial charge >= 0.3 is 6.09 Å². The molecule has 0 aromatic heterocycles. The molecule has 62 heavy (non-hydrogen) atoms. The zero-order valence-corrected chi connectivity index (χ0v) is 36.7. The van der Waals surface area contributed by atoms with Crippen molar-refractivity contribution in [3.8, 4) is 17.2 Å². The predicted octanol–water partition coefficient (Wildman–Crippen LogP) is 8.28. The Hall–Kier alpha value is -4.24. The van der Waals surface area contributed by atoms with Crippen molar-refractivity contribution in [3.63, 3.8) is 0 Å². The number of fused-ring (bicyclic) bond motifs is 2. The molecule has 2 heterocycles. The number of hydrogen-bond donors (Lipinski definition) is 3. The summed E-state index contributed by atoms with van der Waals surface area (Å²) in [6, 6.07) is 11.2. The molecule has 1 unspecified atom stereocenters. The van der Waals surface area contributed by atoms with Gasteiger partial charge < -0.3 is 48.6 Å². The third kappa shape index (κ3) is 11.3. The summed E-state index contributed by atoms with van der Waals surface area (Å²) in [4.78, 5) is 22.3. The molecule has 2 aliphatic heterocycles. The van der Waals surface area contributed by atoms with Crippen LogP contribution in [0.1, 0.15) is 93.2 Å². The molecule has 2 aliphatic carbocycles. The number of carbonyl (C=O) groups excluding carboxylic acids is 1. The van der Waals surface area contributed by atoms with Gasteiger partial charge in [0.25, 0.3) is 0 Å². The molecular weight excluding hydrogens is 793 g/mol. The van der Waals surface area contributed by atoms with E-state index in [4.69, 9.17) is 38.4 Å². The number of amides is 1. The number of aliphatic hydroxyl groups excluding tert-OH is 3. The van der Waals surface area contributed by atoms with E-state index in [1.807, 2.05) is 24.3 Å². The van der Waals surface area contributed by atoms with E-state index in [0.29, 0.717) is 49.5 Å². The highest BCUT2D eigenvalue weighted by Crippen LogP contribution is 2.62. The Labute approximate surface area is 367 Å². The van der Waals surface area contributed by atoms with Crippen LogP contribution >= 0.6 is 0 Å². The Balaban J connectivity index is 1.57. The number of benzene rings is 2. The number of oxime groups is 1. The molecule has 4 aliphatic rings. The minimum Gasteiger partial charge on any atom is -0.459 e. The van der Waals surface area contributed by atoms with E-state index in [1.165, 1.54) is 5.56 Å². The fourth-order valence-electron chi connectivity index (χ4n) is 9.56. The highest BCUT2D eigenvalue weighted by molar-refractivity contribution is 6.03. The first-order chi connectivity index (χ1) is 30.3. The number of aryl methyl sites for hydroxylation is 2. The van der Waals surface area contributed by atoms with Crippen LogP contribution in [0.2, 0.25) is 0 Å². The highest BCUT2D eigenvalue weighted by atomic mass is 16.8. The standard InChI is InChI=1S/C49H68N2O11/c1-5-7-26-58-48(55)51(21-28-56-29-24-54)44-33-42(50-62-45-16-10-13-27-57-45)40-31-36(14-8-11-22-52)39(15-9-12-23-53)46-41-32-38(60-37-18-17-34(3)35(4)30-37)19-20-43(41)61-49(44,47(40)46)59-25-6-2/h5-6,17-20,30-32,36,39,44-47,52-54H,1-2,7-16,21-29,33H2,3-4H3/t36-,39+,44-,45?,46+,47+,49+/m0/s1. The maximum Gasteiger partial charge on any atom is 0.410 e. The van der Waals surface area contributed by atoms with E-state index in [9.17, 15) is 20.1 Å². The van der Waals surface area contributed by atoms with Gasteiger partial charge in [-0.25, -0.2) is 4.79 Å². The van der Waals surface area contributed by atoms with Gasteiger partial charge in [-0.3, -0.25) is 4.90 Å². The van der Waals surface area contributed by atoms with E-state index in [2.05, 4.69) is 45.2 Å². The Morgan fingerprint density at radius 2 is 1.73 bits per heavy atom. The van der Waals surface area contributed by atoms with Crippen LogP contribution in [0.3, 0.4) is 0 Å². The van der Waals surface area contributed by atoms with Gasteiger partial charge in [0.1, 0.15) is 23.3 Å². The quantitative estimate of drug-likeness (QED) is 0.0530. The molecule has 340 valence electrons. The summed E-state index contributed by atoms with van der Waals surface area (Å²) in [7, 11) is 0. The molecule has 2 fully saturated rings. The lowest BCUT2D eigenvalue weighted by molar-refractivity contribution is -0.256. The summed E-state index contributed by atoms with van der Waals surface area (Å²) in [6.45, 7) is 13.1. The molecule has 0 bridgehead atoms. The number of rotatable bonds is 24. The van der Waals surface area contributed by atoms with Crippen molar-refractivity contribution in [3.05, 3.63) is 90.0 Å². The van der Waals surface area contributed by atoms with Crippen LogP contribution in [0.15, 0.2) is 78.5 Å². The second-order valence-corrected chi connectivity index (χ2v) is 16.7. The Bertz CT molecular complexity index is 1840. The topological polar surface area (TPSA) is 158 Å². The zero-order valence-electron chi connectivity index (χ0n) is 36.7. The van der Waals surface area contributed by atoms with Gasteiger partial charge in [-0.2, -0.15) is 0 Å². The van der Waals surface area contributed by atoms with Crippen molar-refractivity contribution in [2.45, 2.75) is 109 Å². The van der Waals surface area contributed by atoms with Crippen LogP contribution in [-0.4, -0.2) is 110 Å². The molecule has 2 aromatic carbocycles. The monoisotopic (exact) mass is 860 g/mol. The Kier molecular flexibility index (Phi) is 17.9. The summed E-state index contributed by atoms with van der Waals surface area (Å²) in [6.07, 6.45) is 12.4. The van der Waals surface area contributed by atoms with E-state index in [0.717, 1.165) is 61.0 Å². The van der Waals surface area contributed by atoms with Crippen molar-refractivity contribution in [1.29, 1.82) is 0 Å². The van der Waals surface area contributed by atoms with Crippen LogP contribution in [0.25, 0.3) is 0 Å². The lowest BCUT2D eigenvalue weighted by atomic mass is 9.55. The Morgan fingerprint density at radius 1 is 0.935 bits per heavy atom. The average Bonchev–Trinajstić information content (AvgIpc) is 3.28. The summed E-state index contributed by atoms with van der Waals surface area (Å²) < 4.78 is 38.6. The van der Waals surface area contributed by atoms with Crippen molar-refractivity contribution in [1.82, 2.24) is 4.90 Å². The smallest absolute Gasteiger partial charge is 0.410 e. The number of ether oxygens (including phenoxy) is 6. The minimum absolute atomic E-state index is 0.0312. The molecule has 3 N–H and O–H groups in total. The number of hydrogen-bond acceptors (Lipinski definition) is 12. The van der Waals surface area contributed by atoms with Gasteiger partial charge in [0.2, 0.25) is 12.1 Å². The van der Waals surface area contributed by atoms with Crippen LogP contribution in [0, 0.1) is 31.6 Å². The number of carbonyl (C=O) groups is 1. The van der Waals surface area contributed by atoms with E-state index < -0.39 is 30.1 Å². The van der Waals surface area contributed by atoms with Crippen LogP contribution in [-0.2, 0) is 23.8 Å². The van der Waals surface area contributed by atoms with Crippen LogP contribution in [0.5, 0.6) is 17.2 Å². The summed E-state index contributed by atoms with van der Waals surface area (Å²) >= 11 is 0. The molecule has 0 spiro atoms. The molecular formula is C49H68N2O11. The number of aliphatic hydroxyl groups is 3. The minimum atomic E-state index is -1.48. The van der Waals surface area contributed by atoms with E-state index in [-0.39, 0.29) is 77.0 Å². The van der Waals surface area contributed by atoms with E-state index >= 15 is 0 Å². The number of allylic oxidation sites excluding steroid dienone is 1. The van der Waals surface area contributed by atoms with Crippen LogP contribution in [0.4, 0.5) is 4.79 Å². The molecule has 13 nitrogen and oxygen atoms in total. The van der Waals surface area contributed by atoms with E-state index in [1.54, 1.807) is 17.1 Å². The summed E-state index contributed by atoms with van der Waals surface area (Å²) in [5, 5.41) is 34.4. The molecule has 13 heteroatoms. The second-order valence-electron chi connectivity index (χ2n) is 16.7. The van der Waals surface area contributed by atoms with Crippen molar-refractivity contribution >= 4 is 11.8 Å². The van der Waals surface area contributed by atoms with Gasteiger partial charge in [0.05, 0.1) is 51.3 Å². The molecule has 7 atom stereocenters. The summed E-state index contributed by atoms with van der Waals surface area (Å²) in [5.41, 5.74) is 4.83. The summed E-state index contributed by atoms with van der Waals surface area (Å²) in [5.74, 6) is -0.157. The fraction of sp³-hybridized carbons (Fsp3) is 0.592. The van der Waals surface area contributed by atoms with Gasteiger partial charge in [-0.15, -0.1) is 13.2 Å². The predicted molar refractivity (Wildman–Crippen MR) is 236 cm³/mol. The molecule has 1 saturated carbocycles. The highest BCUT2D eigenvalue weighted by Gasteiger charge is 2.65. The SMILES string of the molecule is C=CCCOC(=O)N(CCOCCO)[C@H]1CC(=NOC2CCCCO2)C2=C[C@H](CCCCO)[C@@H](CCCCO)[C@@H]3c4cc(Oc5ccc(C)c(C)c5)ccc4O[C@@]1(OCC=C)[C@H]23. The molecule has 6 rings (SSSR count). The maximum atomic E-state index is 14.4. The maximum absolute atomic E-state index is 14.4. The molecule has 2 aromatic rings. The third-order valence-electron chi connectivity index (χ3n) is 12.6. The zero-order chi connectivity index (χ0) is 43.9. The average molecular weight is 861 g/mol. The lowest BCUT2D eigenvalue weighted by Crippen LogP contribution is -2.70. The lowest BCUT2D eigenvalue weighted by Gasteiger charge is -2.59. The molecule has 1 amide bonds. The van der Waals surface area contributed by atoms with Gasteiger partial charge in [0, 0.05) is 44.1 Å². The van der Waals surface area contributed by atoms with Gasteiger partial charge in [-0.05, 0) is 118 Å². The molecule has 1 saturated heterocycles. The first kappa shape index (κ1) is 47.2. The normalized spacial score (nSPS) is 25.8. The number of unbranched alkanes of at least 4 members (excludes halogenated alkanes) is 2. The second kappa shape index (κ2) is 23.4. The third-order valence-corrected chi connectivity index (χ3v) is 12.6. The van der Waals surface area contributed by atoms with Crippen LogP contribution < -0.4 is 9.47 Å². The first-order valence-electron chi connectivity index (χ1n) is 22.6.